The highest BCUT2D eigenvalue weighted by Crippen LogP contribution is 2.33. The van der Waals surface area contributed by atoms with E-state index in [1.54, 1.807) is 24.5 Å². The number of nitrogens with one attached hydrogen (secondary N) is 1. The summed E-state index contributed by atoms with van der Waals surface area (Å²) in [6.07, 6.45) is 2.43. The minimum Gasteiger partial charge on any atom is -0.464 e. The first-order valence-corrected chi connectivity index (χ1v) is 5.75. The number of benzene rings is 1. The van der Waals surface area contributed by atoms with Crippen molar-refractivity contribution in [3.63, 3.8) is 0 Å². The minimum absolute atomic E-state index is 0. The quantitative estimate of drug-likeness (QED) is 0.618. The maximum atomic E-state index is 11.8. The van der Waals surface area contributed by atoms with Gasteiger partial charge in [0.05, 0.1) is 12.2 Å². The Kier molecular flexibility index (Phi) is 3.48. The van der Waals surface area contributed by atoms with Crippen LogP contribution in [0.25, 0.3) is 11.0 Å². The van der Waals surface area contributed by atoms with Crippen LogP contribution in [0.2, 0.25) is 0 Å². The fraction of sp³-hybridized carbons (Fsp3) is 0.231. The van der Waals surface area contributed by atoms with Gasteiger partial charge in [0.1, 0.15) is 5.58 Å². The number of halogens is 1. The molecule has 100 valence electrons. The van der Waals surface area contributed by atoms with E-state index in [-0.39, 0.29) is 30.1 Å². The fourth-order valence-electron chi connectivity index (χ4n) is 2.33. The van der Waals surface area contributed by atoms with E-state index in [1.165, 1.54) is 0 Å². The van der Waals surface area contributed by atoms with E-state index in [1.807, 2.05) is 0 Å². The summed E-state index contributed by atoms with van der Waals surface area (Å²) in [5.41, 5.74) is 7.86. The van der Waals surface area contributed by atoms with Crippen molar-refractivity contribution in [3.05, 3.63) is 30.0 Å². The van der Waals surface area contributed by atoms with Crippen LogP contribution in [0.5, 0.6) is 0 Å². The van der Waals surface area contributed by atoms with E-state index in [4.69, 9.17) is 10.2 Å². The molecule has 0 bridgehead atoms. The second-order valence-electron chi connectivity index (χ2n) is 4.45. The highest BCUT2D eigenvalue weighted by Gasteiger charge is 2.30. The van der Waals surface area contributed by atoms with E-state index in [0.29, 0.717) is 24.1 Å². The smallest absolute Gasteiger partial charge is 0.234 e. The van der Waals surface area contributed by atoms with Gasteiger partial charge in [0.25, 0.3) is 0 Å². The first kappa shape index (κ1) is 13.4. The molecule has 0 saturated carbocycles. The Bertz CT molecular complexity index is 650. The molecule has 1 aliphatic rings. The molecule has 3 rings (SSSR count). The molecule has 1 fully saturated rings. The lowest BCUT2D eigenvalue weighted by Gasteiger charge is -2.19. The van der Waals surface area contributed by atoms with Crippen molar-refractivity contribution in [1.29, 1.82) is 0 Å². The Morgan fingerprint density at radius 3 is 2.84 bits per heavy atom. The molecule has 1 unspecified atom stereocenters. The summed E-state index contributed by atoms with van der Waals surface area (Å²) in [6, 6.07) is 5.32. The average Bonchev–Trinajstić information content (AvgIpc) is 2.72. The molecular formula is C13H13ClN2O3. The molecule has 0 spiro atoms. The Balaban J connectivity index is 0.00000133. The van der Waals surface area contributed by atoms with E-state index in [0.717, 1.165) is 10.9 Å². The second kappa shape index (κ2) is 4.93. The molecule has 1 aromatic heterocycles. The van der Waals surface area contributed by atoms with Crippen molar-refractivity contribution in [1.82, 2.24) is 5.32 Å². The fourth-order valence-corrected chi connectivity index (χ4v) is 2.33. The molecule has 1 aromatic carbocycles. The maximum Gasteiger partial charge on any atom is 0.234 e. The zero-order valence-electron chi connectivity index (χ0n) is 10.0. The first-order valence-electron chi connectivity index (χ1n) is 5.75. The number of piperidine rings is 1. The Hall–Kier alpha value is -2.01. The van der Waals surface area contributed by atoms with Gasteiger partial charge in [0.15, 0.2) is 0 Å². The molecule has 5 nitrogen and oxygen atoms in total. The standard InChI is InChI=1S/C13H12N2O3.ClH/c14-7-1-3-11-9(5-7)10(6-18-11)8-2-4-12(16)15-13(8)17;/h1,3,5-6,8H,2,4,14H2,(H,15,16,17);1H. The third-order valence-corrected chi connectivity index (χ3v) is 3.24. The molecule has 1 atom stereocenters. The molecule has 6 heteroatoms. The van der Waals surface area contributed by atoms with Crippen molar-refractivity contribution < 1.29 is 14.0 Å². The molecule has 19 heavy (non-hydrogen) atoms. The lowest BCUT2D eigenvalue weighted by molar-refractivity contribution is -0.134. The number of anilines is 1. The van der Waals surface area contributed by atoms with Gasteiger partial charge < -0.3 is 10.2 Å². The summed E-state index contributed by atoms with van der Waals surface area (Å²) in [6.45, 7) is 0. The molecule has 1 aliphatic heterocycles. The van der Waals surface area contributed by atoms with Gasteiger partial charge in [-0.25, -0.2) is 0 Å². The van der Waals surface area contributed by atoms with Gasteiger partial charge in [-0.2, -0.15) is 0 Å². The lowest BCUT2D eigenvalue weighted by Crippen LogP contribution is -2.39. The Labute approximate surface area is 115 Å². The van der Waals surface area contributed by atoms with Crippen LogP contribution in [0.4, 0.5) is 5.69 Å². The van der Waals surface area contributed by atoms with Gasteiger partial charge >= 0.3 is 0 Å². The van der Waals surface area contributed by atoms with Crippen LogP contribution in [-0.4, -0.2) is 11.8 Å². The van der Waals surface area contributed by atoms with E-state index >= 15 is 0 Å². The zero-order chi connectivity index (χ0) is 12.7. The van der Waals surface area contributed by atoms with Gasteiger partial charge in [-0.05, 0) is 24.6 Å². The van der Waals surface area contributed by atoms with E-state index < -0.39 is 0 Å². The van der Waals surface area contributed by atoms with Crippen molar-refractivity contribution in [3.8, 4) is 0 Å². The highest BCUT2D eigenvalue weighted by molar-refractivity contribution is 6.02. The predicted molar refractivity (Wildman–Crippen MR) is 73.0 cm³/mol. The molecule has 0 aliphatic carbocycles. The first-order chi connectivity index (χ1) is 8.65. The largest absolute Gasteiger partial charge is 0.464 e. The molecule has 2 heterocycles. The number of fused-ring (bicyclic) bond motifs is 1. The molecule has 1 saturated heterocycles. The van der Waals surface area contributed by atoms with Crippen LogP contribution in [-0.2, 0) is 9.59 Å². The monoisotopic (exact) mass is 280 g/mol. The van der Waals surface area contributed by atoms with Crippen LogP contribution in [0.15, 0.2) is 28.9 Å². The van der Waals surface area contributed by atoms with Crippen LogP contribution in [0.1, 0.15) is 24.3 Å². The SMILES string of the molecule is Cl.Nc1ccc2occ(C3CCC(=O)NC3=O)c2c1. The van der Waals surface area contributed by atoms with Crippen LogP contribution >= 0.6 is 12.4 Å². The number of amides is 2. The molecule has 0 radical (unpaired) electrons. The highest BCUT2D eigenvalue weighted by atomic mass is 35.5. The van der Waals surface area contributed by atoms with Gasteiger partial charge in [0, 0.05) is 23.1 Å². The van der Waals surface area contributed by atoms with Gasteiger partial charge in [-0.15, -0.1) is 12.4 Å². The number of hydrogen-bond donors (Lipinski definition) is 2. The number of hydrogen-bond acceptors (Lipinski definition) is 4. The number of furan rings is 1. The predicted octanol–water partition coefficient (Wildman–Crippen LogP) is 1.96. The number of rotatable bonds is 1. The number of carbonyl (C=O) groups is 2. The van der Waals surface area contributed by atoms with Crippen molar-refractivity contribution >= 4 is 40.9 Å². The Morgan fingerprint density at radius 2 is 2.11 bits per heavy atom. The third kappa shape index (κ3) is 2.29. The summed E-state index contributed by atoms with van der Waals surface area (Å²) in [4.78, 5) is 23.0. The lowest BCUT2D eigenvalue weighted by atomic mass is 9.90. The minimum atomic E-state index is -0.342. The van der Waals surface area contributed by atoms with Crippen molar-refractivity contribution in [2.45, 2.75) is 18.8 Å². The normalized spacial score (nSPS) is 19.1. The van der Waals surface area contributed by atoms with Gasteiger partial charge in [0.2, 0.25) is 11.8 Å². The molecule has 3 N–H and O–H groups in total. The molecule has 2 aromatic rings. The third-order valence-electron chi connectivity index (χ3n) is 3.24. The van der Waals surface area contributed by atoms with Crippen LogP contribution in [0.3, 0.4) is 0 Å². The topological polar surface area (TPSA) is 85.3 Å². The Morgan fingerprint density at radius 1 is 1.32 bits per heavy atom. The summed E-state index contributed by atoms with van der Waals surface area (Å²) < 4.78 is 5.41. The summed E-state index contributed by atoms with van der Waals surface area (Å²) in [5, 5.41) is 3.18. The molecular weight excluding hydrogens is 268 g/mol. The van der Waals surface area contributed by atoms with Crippen LogP contribution in [0, 0.1) is 0 Å². The zero-order valence-corrected chi connectivity index (χ0v) is 10.8. The van der Waals surface area contributed by atoms with Gasteiger partial charge in [-0.3, -0.25) is 14.9 Å². The maximum absolute atomic E-state index is 11.8. The number of nitrogen functional groups attached to an aromatic ring is 1. The summed E-state index contributed by atoms with van der Waals surface area (Å²) in [5.74, 6) is -0.828. The average molecular weight is 281 g/mol. The van der Waals surface area contributed by atoms with E-state index in [9.17, 15) is 9.59 Å². The van der Waals surface area contributed by atoms with Crippen LogP contribution < -0.4 is 11.1 Å². The number of carbonyl (C=O) groups excluding carboxylic acids is 2. The van der Waals surface area contributed by atoms with E-state index in [2.05, 4.69) is 5.32 Å². The van der Waals surface area contributed by atoms with Crippen molar-refractivity contribution in [2.24, 2.45) is 0 Å². The number of imide groups is 1. The van der Waals surface area contributed by atoms with Crippen molar-refractivity contribution in [2.75, 3.05) is 5.73 Å². The van der Waals surface area contributed by atoms with Gasteiger partial charge in [-0.1, -0.05) is 0 Å². The molecule has 2 amide bonds. The second-order valence-corrected chi connectivity index (χ2v) is 4.45. The summed E-state index contributed by atoms with van der Waals surface area (Å²) in [7, 11) is 0. The summed E-state index contributed by atoms with van der Waals surface area (Å²) >= 11 is 0. The number of nitrogens with two attached hydrogens (primary N) is 1.